The van der Waals surface area contributed by atoms with Crippen molar-refractivity contribution in [1.29, 1.82) is 0 Å². The molecule has 0 radical (unpaired) electrons. The molecular formula is C23H29N3O3. The Hall–Kier alpha value is -2.89. The van der Waals surface area contributed by atoms with Crippen molar-refractivity contribution in [2.24, 2.45) is 7.05 Å². The number of pyridine rings is 1. The molecule has 154 valence electrons. The highest BCUT2D eigenvalue weighted by Gasteiger charge is 2.30. The lowest BCUT2D eigenvalue weighted by Gasteiger charge is -2.36. The third kappa shape index (κ3) is 4.58. The molecule has 3 rings (SSSR count). The third-order valence-electron chi connectivity index (χ3n) is 5.77. The molecule has 6 nitrogen and oxygen atoms in total. The van der Waals surface area contributed by atoms with Crippen molar-refractivity contribution in [3.8, 4) is 0 Å². The number of carbonyl (C=O) groups is 2. The van der Waals surface area contributed by atoms with Crippen LogP contribution in [0.25, 0.3) is 0 Å². The predicted octanol–water partition coefficient (Wildman–Crippen LogP) is 2.82. The summed E-state index contributed by atoms with van der Waals surface area (Å²) in [5, 5.41) is 2.94. The molecular weight excluding hydrogens is 366 g/mol. The number of benzene rings is 1. The first-order valence-electron chi connectivity index (χ1n) is 10.2. The van der Waals surface area contributed by atoms with Gasteiger partial charge in [-0.15, -0.1) is 0 Å². The van der Waals surface area contributed by atoms with Crippen molar-refractivity contribution in [2.45, 2.75) is 45.6 Å². The van der Waals surface area contributed by atoms with Gasteiger partial charge in [0.05, 0.1) is 0 Å². The average molecular weight is 396 g/mol. The zero-order chi connectivity index (χ0) is 21.0. The molecule has 2 heterocycles. The summed E-state index contributed by atoms with van der Waals surface area (Å²) in [4.78, 5) is 40.1. The lowest BCUT2D eigenvalue weighted by atomic mass is 9.97. The molecule has 2 aromatic rings. The van der Waals surface area contributed by atoms with Gasteiger partial charge in [-0.3, -0.25) is 14.4 Å². The number of piperidine rings is 1. The molecule has 1 aliphatic rings. The van der Waals surface area contributed by atoms with E-state index in [1.54, 1.807) is 19.2 Å². The molecule has 1 aromatic carbocycles. The summed E-state index contributed by atoms with van der Waals surface area (Å²) >= 11 is 0. The van der Waals surface area contributed by atoms with Gasteiger partial charge in [-0.2, -0.15) is 0 Å². The first-order chi connectivity index (χ1) is 13.9. The number of nitrogens with one attached hydrogen (secondary N) is 1. The first kappa shape index (κ1) is 20.8. The molecule has 0 bridgehead atoms. The Morgan fingerprint density at radius 3 is 2.59 bits per heavy atom. The Morgan fingerprint density at radius 2 is 1.86 bits per heavy atom. The Bertz CT molecular complexity index is 950. The molecule has 29 heavy (non-hydrogen) atoms. The van der Waals surface area contributed by atoms with Crippen LogP contribution >= 0.6 is 0 Å². The van der Waals surface area contributed by atoms with Crippen LogP contribution in [0.3, 0.4) is 0 Å². The van der Waals surface area contributed by atoms with Crippen molar-refractivity contribution in [1.82, 2.24) is 14.8 Å². The van der Waals surface area contributed by atoms with Crippen molar-refractivity contribution < 1.29 is 9.59 Å². The Balaban J connectivity index is 1.70. The second kappa shape index (κ2) is 9.07. The molecule has 0 aliphatic carbocycles. The van der Waals surface area contributed by atoms with Gasteiger partial charge >= 0.3 is 0 Å². The van der Waals surface area contributed by atoms with Gasteiger partial charge in [-0.25, -0.2) is 0 Å². The van der Waals surface area contributed by atoms with Crippen LogP contribution in [0.2, 0.25) is 0 Å². The van der Waals surface area contributed by atoms with Crippen molar-refractivity contribution in [3.63, 3.8) is 0 Å². The molecule has 0 saturated carbocycles. The van der Waals surface area contributed by atoms with Gasteiger partial charge in [0.1, 0.15) is 5.56 Å². The van der Waals surface area contributed by atoms with Gasteiger partial charge in [-0.05, 0) is 63.3 Å². The fourth-order valence-corrected chi connectivity index (χ4v) is 3.99. The maximum atomic E-state index is 13.3. The highest BCUT2D eigenvalue weighted by Crippen LogP contribution is 2.22. The predicted molar refractivity (Wildman–Crippen MR) is 113 cm³/mol. The van der Waals surface area contributed by atoms with Gasteiger partial charge in [0, 0.05) is 37.4 Å². The lowest BCUT2D eigenvalue weighted by Crippen LogP contribution is -2.47. The standard InChI is InChI=1S/C23H29N3O3/c1-16-15-17(2)25(3)22(28)20(16)23(29)26-14-8-7-11-19(26)12-13-24-21(27)18-9-5-4-6-10-18/h4-6,9-10,15,19H,7-8,11-14H2,1-3H3,(H,24,27)/t19-/m1/s1. The average Bonchev–Trinajstić information content (AvgIpc) is 2.73. The topological polar surface area (TPSA) is 71.4 Å². The van der Waals surface area contributed by atoms with E-state index in [4.69, 9.17) is 0 Å². The highest BCUT2D eigenvalue weighted by atomic mass is 16.2. The molecule has 1 atom stereocenters. The van der Waals surface area contributed by atoms with Crippen LogP contribution in [0.4, 0.5) is 0 Å². The van der Waals surface area contributed by atoms with Crippen LogP contribution in [0, 0.1) is 13.8 Å². The number of amides is 2. The van der Waals surface area contributed by atoms with Crippen LogP contribution in [0.15, 0.2) is 41.2 Å². The van der Waals surface area contributed by atoms with E-state index in [1.165, 1.54) is 4.57 Å². The third-order valence-corrected chi connectivity index (χ3v) is 5.77. The fraction of sp³-hybridized carbons (Fsp3) is 0.435. The number of hydrogen-bond donors (Lipinski definition) is 1. The van der Waals surface area contributed by atoms with Crippen molar-refractivity contribution >= 4 is 11.8 Å². The number of rotatable bonds is 5. The normalized spacial score (nSPS) is 16.5. The first-order valence-corrected chi connectivity index (χ1v) is 10.2. The van der Waals surface area contributed by atoms with Crippen molar-refractivity contribution in [2.75, 3.05) is 13.1 Å². The molecule has 2 amide bonds. The molecule has 1 fully saturated rings. The van der Waals surface area contributed by atoms with E-state index in [-0.39, 0.29) is 29.0 Å². The minimum atomic E-state index is -0.241. The van der Waals surface area contributed by atoms with E-state index < -0.39 is 0 Å². The van der Waals surface area contributed by atoms with E-state index in [1.807, 2.05) is 43.0 Å². The van der Waals surface area contributed by atoms with Gasteiger partial charge in [-0.1, -0.05) is 18.2 Å². The number of likely N-dealkylation sites (tertiary alicyclic amines) is 1. The molecule has 1 aliphatic heterocycles. The van der Waals surface area contributed by atoms with Crippen molar-refractivity contribution in [3.05, 3.63) is 69.1 Å². The fourth-order valence-electron chi connectivity index (χ4n) is 3.99. The van der Waals surface area contributed by atoms with Crippen LogP contribution in [-0.4, -0.2) is 40.4 Å². The monoisotopic (exact) mass is 395 g/mol. The van der Waals surface area contributed by atoms with Gasteiger partial charge < -0.3 is 14.8 Å². The molecule has 1 N–H and O–H groups in total. The Morgan fingerprint density at radius 1 is 1.14 bits per heavy atom. The summed E-state index contributed by atoms with van der Waals surface area (Å²) in [6, 6.07) is 11.0. The molecule has 1 aromatic heterocycles. The van der Waals surface area contributed by atoms with Gasteiger partial charge in [0.2, 0.25) is 0 Å². The number of hydrogen-bond acceptors (Lipinski definition) is 3. The van der Waals surface area contributed by atoms with Gasteiger partial charge in [0.25, 0.3) is 17.4 Å². The van der Waals surface area contributed by atoms with E-state index in [0.29, 0.717) is 25.1 Å². The SMILES string of the molecule is Cc1cc(C)n(C)c(=O)c1C(=O)N1CCCC[C@@H]1CCNC(=O)c1ccccc1. The van der Waals surface area contributed by atoms with E-state index in [0.717, 1.165) is 30.5 Å². The Kier molecular flexibility index (Phi) is 6.52. The second-order valence-corrected chi connectivity index (χ2v) is 7.77. The number of aryl methyl sites for hydroxylation is 2. The molecule has 6 heteroatoms. The summed E-state index contributed by atoms with van der Waals surface area (Å²) in [7, 11) is 1.70. The van der Waals surface area contributed by atoms with Crippen LogP contribution in [0.1, 0.15) is 57.7 Å². The largest absolute Gasteiger partial charge is 0.352 e. The van der Waals surface area contributed by atoms with E-state index in [9.17, 15) is 14.4 Å². The smallest absolute Gasteiger partial charge is 0.263 e. The summed E-state index contributed by atoms with van der Waals surface area (Å²) < 4.78 is 1.53. The lowest BCUT2D eigenvalue weighted by molar-refractivity contribution is 0.0598. The number of aromatic nitrogens is 1. The minimum absolute atomic E-state index is 0.0257. The van der Waals surface area contributed by atoms with Crippen LogP contribution in [0.5, 0.6) is 0 Å². The van der Waals surface area contributed by atoms with E-state index >= 15 is 0 Å². The summed E-state index contributed by atoms with van der Waals surface area (Å²) in [5.41, 5.74) is 2.20. The summed E-state index contributed by atoms with van der Waals surface area (Å²) in [6.45, 7) is 4.82. The van der Waals surface area contributed by atoms with Crippen LogP contribution in [-0.2, 0) is 7.05 Å². The van der Waals surface area contributed by atoms with E-state index in [2.05, 4.69) is 5.32 Å². The minimum Gasteiger partial charge on any atom is -0.352 e. The maximum absolute atomic E-state index is 13.3. The Labute approximate surface area is 171 Å². The highest BCUT2D eigenvalue weighted by molar-refractivity contribution is 5.96. The van der Waals surface area contributed by atoms with Gasteiger partial charge in [0.15, 0.2) is 0 Å². The maximum Gasteiger partial charge on any atom is 0.263 e. The zero-order valence-corrected chi connectivity index (χ0v) is 17.4. The zero-order valence-electron chi connectivity index (χ0n) is 17.4. The quantitative estimate of drug-likeness (QED) is 0.846. The van der Waals surface area contributed by atoms with Crippen LogP contribution < -0.4 is 10.9 Å². The number of nitrogens with zero attached hydrogens (tertiary/aromatic N) is 2. The molecule has 0 unspecified atom stereocenters. The second-order valence-electron chi connectivity index (χ2n) is 7.77. The number of carbonyl (C=O) groups excluding carboxylic acids is 2. The summed E-state index contributed by atoms with van der Waals surface area (Å²) in [5.74, 6) is -0.301. The molecule has 0 spiro atoms. The summed E-state index contributed by atoms with van der Waals surface area (Å²) in [6.07, 6.45) is 3.55. The molecule has 1 saturated heterocycles.